The number of nitrogens with one attached hydrogen (secondary N) is 1. The number of Topliss-reactive ketones (excluding diaryl/α,β-unsaturated/α-hetero) is 1. The molecule has 28 heavy (non-hydrogen) atoms. The van der Waals surface area contributed by atoms with Crippen LogP contribution in [-0.2, 0) is 11.2 Å². The molecule has 0 aliphatic heterocycles. The van der Waals surface area contributed by atoms with Crippen LogP contribution in [0.4, 0.5) is 0 Å². The Morgan fingerprint density at radius 3 is 2.46 bits per heavy atom. The van der Waals surface area contributed by atoms with E-state index in [0.29, 0.717) is 24.3 Å². The first-order valence-corrected chi connectivity index (χ1v) is 9.27. The Labute approximate surface area is 164 Å². The van der Waals surface area contributed by atoms with E-state index >= 15 is 0 Å². The lowest BCUT2D eigenvalue weighted by Gasteiger charge is -2.08. The van der Waals surface area contributed by atoms with Crippen LogP contribution in [0.2, 0.25) is 0 Å². The maximum absolute atomic E-state index is 11.9. The van der Waals surface area contributed by atoms with Gasteiger partial charge in [0.2, 0.25) is 0 Å². The molecule has 0 aliphatic carbocycles. The molecule has 0 spiro atoms. The van der Waals surface area contributed by atoms with Crippen LogP contribution >= 0.6 is 0 Å². The molecule has 2 aromatic carbocycles. The van der Waals surface area contributed by atoms with E-state index in [9.17, 15) is 9.59 Å². The first-order chi connectivity index (χ1) is 13.7. The predicted octanol–water partition coefficient (Wildman–Crippen LogP) is 3.20. The summed E-state index contributed by atoms with van der Waals surface area (Å²) < 4.78 is 7.26. The Morgan fingerprint density at radius 2 is 1.82 bits per heavy atom. The second-order valence-electron chi connectivity index (χ2n) is 6.31. The Hall–Kier alpha value is -3.41. The number of rotatable bonds is 9. The Bertz CT molecular complexity index is 901. The second kappa shape index (κ2) is 9.50. The van der Waals surface area contributed by atoms with E-state index in [2.05, 4.69) is 10.4 Å². The summed E-state index contributed by atoms with van der Waals surface area (Å²) >= 11 is 0. The molecule has 0 saturated heterocycles. The number of aromatic nitrogens is 2. The Morgan fingerprint density at radius 1 is 1.07 bits per heavy atom. The molecule has 0 saturated carbocycles. The normalized spacial score (nSPS) is 10.5. The van der Waals surface area contributed by atoms with Gasteiger partial charge in [-0.1, -0.05) is 19.1 Å². The van der Waals surface area contributed by atoms with Crippen molar-refractivity contribution in [1.82, 2.24) is 15.1 Å². The summed E-state index contributed by atoms with van der Waals surface area (Å²) in [6, 6.07) is 16.8. The van der Waals surface area contributed by atoms with Gasteiger partial charge in [0.25, 0.3) is 5.91 Å². The molecule has 1 N–H and O–H groups in total. The highest BCUT2D eigenvalue weighted by molar-refractivity contribution is 5.95. The van der Waals surface area contributed by atoms with Crippen molar-refractivity contribution in [3.8, 4) is 11.4 Å². The Kier molecular flexibility index (Phi) is 6.57. The van der Waals surface area contributed by atoms with Crippen LogP contribution in [0, 0.1) is 0 Å². The first kappa shape index (κ1) is 19.4. The number of benzene rings is 2. The molecule has 1 aromatic heterocycles. The van der Waals surface area contributed by atoms with Crippen LogP contribution in [0.25, 0.3) is 5.69 Å². The molecule has 3 aromatic rings. The van der Waals surface area contributed by atoms with Gasteiger partial charge in [-0.05, 0) is 54.4 Å². The summed E-state index contributed by atoms with van der Waals surface area (Å²) in [6.45, 7) is 2.30. The highest BCUT2D eigenvalue weighted by Gasteiger charge is 2.05. The van der Waals surface area contributed by atoms with E-state index < -0.39 is 0 Å². The molecule has 1 amide bonds. The molecule has 0 unspecified atom stereocenters. The maximum Gasteiger partial charge on any atom is 0.257 e. The van der Waals surface area contributed by atoms with E-state index in [-0.39, 0.29) is 18.3 Å². The minimum absolute atomic E-state index is 0.0562. The number of nitrogens with zero attached hydrogens (tertiary/aromatic N) is 2. The minimum atomic E-state index is -0.179. The Balaban J connectivity index is 1.39. The molecular weight excluding hydrogens is 354 g/mol. The third-order valence-corrected chi connectivity index (χ3v) is 4.31. The van der Waals surface area contributed by atoms with Gasteiger partial charge in [0, 0.05) is 30.9 Å². The molecular formula is C22H23N3O3. The molecule has 1 heterocycles. The molecule has 3 rings (SSSR count). The van der Waals surface area contributed by atoms with Gasteiger partial charge >= 0.3 is 0 Å². The van der Waals surface area contributed by atoms with Crippen molar-refractivity contribution in [1.29, 1.82) is 0 Å². The zero-order valence-corrected chi connectivity index (χ0v) is 15.8. The van der Waals surface area contributed by atoms with Crippen molar-refractivity contribution < 1.29 is 14.3 Å². The van der Waals surface area contributed by atoms with Gasteiger partial charge in [-0.25, -0.2) is 4.68 Å². The van der Waals surface area contributed by atoms with Crippen LogP contribution in [0.15, 0.2) is 67.0 Å². The minimum Gasteiger partial charge on any atom is -0.484 e. The van der Waals surface area contributed by atoms with Crippen molar-refractivity contribution >= 4 is 11.7 Å². The second-order valence-corrected chi connectivity index (χ2v) is 6.31. The van der Waals surface area contributed by atoms with Crippen LogP contribution in [0.1, 0.15) is 29.3 Å². The topological polar surface area (TPSA) is 73.2 Å². The summed E-state index contributed by atoms with van der Waals surface area (Å²) in [5.74, 6) is 0.473. The van der Waals surface area contributed by atoms with E-state index in [4.69, 9.17) is 4.74 Å². The lowest BCUT2D eigenvalue weighted by molar-refractivity contribution is -0.123. The monoisotopic (exact) mass is 377 g/mol. The highest BCUT2D eigenvalue weighted by Crippen LogP contribution is 2.13. The van der Waals surface area contributed by atoms with Crippen LogP contribution in [-0.4, -0.2) is 34.6 Å². The van der Waals surface area contributed by atoms with Crippen molar-refractivity contribution in [2.45, 2.75) is 19.8 Å². The highest BCUT2D eigenvalue weighted by atomic mass is 16.5. The molecule has 144 valence electrons. The maximum atomic E-state index is 11.9. The van der Waals surface area contributed by atoms with Crippen molar-refractivity contribution in [2.75, 3.05) is 13.2 Å². The van der Waals surface area contributed by atoms with Gasteiger partial charge in [-0.15, -0.1) is 0 Å². The third kappa shape index (κ3) is 5.30. The number of hydrogen-bond donors (Lipinski definition) is 1. The smallest absolute Gasteiger partial charge is 0.257 e. The molecule has 0 atom stereocenters. The van der Waals surface area contributed by atoms with Crippen LogP contribution in [0.3, 0.4) is 0 Å². The summed E-state index contributed by atoms with van der Waals surface area (Å²) in [4.78, 5) is 23.5. The number of ketones is 1. The summed E-state index contributed by atoms with van der Waals surface area (Å²) in [6.07, 6.45) is 4.84. The summed E-state index contributed by atoms with van der Waals surface area (Å²) in [7, 11) is 0. The van der Waals surface area contributed by atoms with Gasteiger partial charge < -0.3 is 10.1 Å². The fraction of sp³-hybridized carbons (Fsp3) is 0.227. The number of carbonyl (C=O) groups excluding carboxylic acids is 2. The van der Waals surface area contributed by atoms with E-state index in [1.807, 2.05) is 43.5 Å². The van der Waals surface area contributed by atoms with Crippen molar-refractivity contribution in [2.24, 2.45) is 0 Å². The quantitative estimate of drug-likeness (QED) is 0.581. The number of carbonyl (C=O) groups is 2. The standard InChI is InChI=1S/C22H23N3O3/c1-2-21(26)18-6-10-20(11-7-18)28-16-22(27)23-14-12-17-4-8-19(9-5-17)25-15-3-13-24-25/h3-11,13,15H,2,12,14,16H2,1H3,(H,23,27). The first-order valence-electron chi connectivity index (χ1n) is 9.27. The molecule has 0 radical (unpaired) electrons. The molecule has 6 heteroatoms. The van der Waals surface area contributed by atoms with Crippen molar-refractivity contribution in [3.63, 3.8) is 0 Å². The van der Waals surface area contributed by atoms with Crippen LogP contribution < -0.4 is 10.1 Å². The zero-order valence-electron chi connectivity index (χ0n) is 15.8. The van der Waals surface area contributed by atoms with Crippen LogP contribution in [0.5, 0.6) is 5.75 Å². The SMILES string of the molecule is CCC(=O)c1ccc(OCC(=O)NCCc2ccc(-n3cccn3)cc2)cc1. The predicted molar refractivity (Wildman–Crippen MR) is 107 cm³/mol. The lowest BCUT2D eigenvalue weighted by Crippen LogP contribution is -2.30. The number of ether oxygens (including phenoxy) is 1. The van der Waals surface area contributed by atoms with Gasteiger partial charge in [-0.2, -0.15) is 5.10 Å². The summed E-state index contributed by atoms with van der Waals surface area (Å²) in [5, 5.41) is 7.04. The fourth-order valence-electron chi connectivity index (χ4n) is 2.72. The third-order valence-electron chi connectivity index (χ3n) is 4.31. The van der Waals surface area contributed by atoms with Gasteiger partial charge in [0.05, 0.1) is 5.69 Å². The fourth-order valence-corrected chi connectivity index (χ4v) is 2.72. The lowest BCUT2D eigenvalue weighted by atomic mass is 10.1. The average Bonchev–Trinajstić information content (AvgIpc) is 3.27. The van der Waals surface area contributed by atoms with Gasteiger partial charge in [0.15, 0.2) is 12.4 Å². The molecule has 0 fully saturated rings. The summed E-state index contributed by atoms with van der Waals surface area (Å²) in [5.41, 5.74) is 2.78. The van der Waals surface area contributed by atoms with E-state index in [1.54, 1.807) is 35.1 Å². The molecule has 6 nitrogen and oxygen atoms in total. The number of amides is 1. The van der Waals surface area contributed by atoms with Gasteiger partial charge in [-0.3, -0.25) is 9.59 Å². The molecule has 0 bridgehead atoms. The molecule has 0 aliphatic rings. The van der Waals surface area contributed by atoms with Gasteiger partial charge in [0.1, 0.15) is 5.75 Å². The largest absolute Gasteiger partial charge is 0.484 e. The van der Waals surface area contributed by atoms with E-state index in [1.165, 1.54) is 0 Å². The van der Waals surface area contributed by atoms with Crippen molar-refractivity contribution in [3.05, 3.63) is 78.1 Å². The average molecular weight is 377 g/mol. The zero-order chi connectivity index (χ0) is 19.8. The van der Waals surface area contributed by atoms with E-state index in [0.717, 1.165) is 17.7 Å². The number of hydrogen-bond acceptors (Lipinski definition) is 4.